The molecule has 0 saturated carbocycles. The van der Waals surface area contributed by atoms with Gasteiger partial charge >= 0.3 is 11.2 Å². The predicted molar refractivity (Wildman–Crippen MR) is 82.5 cm³/mol. The van der Waals surface area contributed by atoms with Gasteiger partial charge in [0.2, 0.25) is 0 Å². The number of nitrogens with zero attached hydrogens (tertiary/aromatic N) is 2. The van der Waals surface area contributed by atoms with Crippen LogP contribution in [0, 0.1) is 0 Å². The first kappa shape index (κ1) is 13.9. The fraction of sp³-hybridized carbons (Fsp3) is 0.333. The summed E-state index contributed by atoms with van der Waals surface area (Å²) in [6, 6.07) is 8.25. The van der Waals surface area contributed by atoms with E-state index in [2.05, 4.69) is 9.47 Å². The third-order valence-corrected chi connectivity index (χ3v) is 4.40. The number of nitrogens with two attached hydrogens (primary N) is 1. The first-order valence-corrected chi connectivity index (χ1v) is 7.79. The van der Waals surface area contributed by atoms with Crippen molar-refractivity contribution in [3.8, 4) is 5.19 Å². The summed E-state index contributed by atoms with van der Waals surface area (Å²) in [5.74, 6) is -0.278. The highest BCUT2D eigenvalue weighted by Gasteiger charge is 2.33. The van der Waals surface area contributed by atoms with Crippen LogP contribution in [0.2, 0.25) is 0 Å². The van der Waals surface area contributed by atoms with Gasteiger partial charge < -0.3 is 15.4 Å². The van der Waals surface area contributed by atoms with Gasteiger partial charge in [0.25, 0.3) is 0 Å². The SMILES string of the molecule is CC(=O)Oc1scc[n+]1C1CCN(c2ccc(N)cc2)C1. The van der Waals surface area contributed by atoms with E-state index in [1.807, 2.05) is 35.8 Å². The number of ether oxygens (including phenoxy) is 1. The summed E-state index contributed by atoms with van der Waals surface area (Å²) in [4.78, 5) is 13.5. The molecule has 2 aromatic rings. The molecule has 0 amide bonds. The molecule has 2 N–H and O–H groups in total. The second-order valence-electron chi connectivity index (χ2n) is 5.15. The average Bonchev–Trinajstić information content (AvgIpc) is 3.07. The van der Waals surface area contributed by atoms with Gasteiger partial charge in [-0.25, -0.2) is 0 Å². The number of aromatic nitrogens is 1. The van der Waals surface area contributed by atoms with Gasteiger partial charge in [-0.15, -0.1) is 0 Å². The first-order chi connectivity index (χ1) is 10.1. The molecule has 1 unspecified atom stereocenters. The van der Waals surface area contributed by atoms with Crippen LogP contribution in [-0.2, 0) is 4.79 Å². The zero-order valence-corrected chi connectivity index (χ0v) is 12.7. The first-order valence-electron chi connectivity index (χ1n) is 6.91. The molecule has 21 heavy (non-hydrogen) atoms. The number of rotatable bonds is 3. The lowest BCUT2D eigenvalue weighted by molar-refractivity contribution is -0.717. The maximum Gasteiger partial charge on any atom is 0.438 e. The Kier molecular flexibility index (Phi) is 3.79. The Morgan fingerprint density at radius 1 is 1.43 bits per heavy atom. The molecule has 6 heteroatoms. The van der Waals surface area contributed by atoms with E-state index >= 15 is 0 Å². The lowest BCUT2D eigenvalue weighted by Gasteiger charge is -2.17. The summed E-state index contributed by atoms with van der Waals surface area (Å²) >= 11 is 1.45. The number of thiazole rings is 1. The summed E-state index contributed by atoms with van der Waals surface area (Å²) < 4.78 is 7.32. The van der Waals surface area contributed by atoms with Gasteiger partial charge in [-0.2, -0.15) is 4.57 Å². The standard InChI is InChI=1S/C15H18N3O2S/c1-11(19)20-15-18(8-9-21-15)14-6-7-17(10-14)13-4-2-12(16)3-5-13/h2-5,8-9,14H,6-7,10,16H2,1H3/q+1. The van der Waals surface area contributed by atoms with Crippen LogP contribution in [0.5, 0.6) is 5.19 Å². The Balaban J connectivity index is 1.74. The van der Waals surface area contributed by atoms with Crippen molar-refractivity contribution in [1.29, 1.82) is 0 Å². The number of anilines is 2. The number of hydrogen-bond acceptors (Lipinski definition) is 5. The van der Waals surface area contributed by atoms with Crippen molar-refractivity contribution in [3.05, 3.63) is 35.8 Å². The molecule has 3 rings (SSSR count). The fourth-order valence-corrected chi connectivity index (χ4v) is 3.44. The smallest absolute Gasteiger partial charge is 0.399 e. The van der Waals surface area contributed by atoms with Crippen LogP contribution in [0.3, 0.4) is 0 Å². The van der Waals surface area contributed by atoms with Gasteiger partial charge in [-0.3, -0.25) is 4.79 Å². The number of nitrogen functional groups attached to an aromatic ring is 1. The van der Waals surface area contributed by atoms with Crippen LogP contribution in [0.25, 0.3) is 0 Å². The van der Waals surface area contributed by atoms with Crippen LogP contribution >= 0.6 is 11.3 Å². The molecule has 0 spiro atoms. The molecule has 0 radical (unpaired) electrons. The highest BCUT2D eigenvalue weighted by Crippen LogP contribution is 2.27. The van der Waals surface area contributed by atoms with E-state index in [0.29, 0.717) is 11.2 Å². The summed E-state index contributed by atoms with van der Waals surface area (Å²) in [5.41, 5.74) is 7.68. The number of carbonyl (C=O) groups excluding carboxylic acids is 1. The van der Waals surface area contributed by atoms with Crippen molar-refractivity contribution >= 4 is 28.7 Å². The second kappa shape index (κ2) is 5.73. The Morgan fingerprint density at radius 3 is 2.90 bits per heavy atom. The van der Waals surface area contributed by atoms with E-state index in [1.165, 1.54) is 23.9 Å². The van der Waals surface area contributed by atoms with Crippen molar-refractivity contribution in [2.45, 2.75) is 19.4 Å². The molecule has 1 saturated heterocycles. The molecule has 110 valence electrons. The van der Waals surface area contributed by atoms with E-state index in [-0.39, 0.29) is 5.97 Å². The van der Waals surface area contributed by atoms with Gasteiger partial charge in [0.15, 0.2) is 12.2 Å². The fourth-order valence-electron chi connectivity index (χ4n) is 2.63. The molecule has 1 aromatic heterocycles. The van der Waals surface area contributed by atoms with Gasteiger partial charge in [0.05, 0.1) is 11.9 Å². The molecule has 5 nitrogen and oxygen atoms in total. The van der Waals surface area contributed by atoms with Crippen molar-refractivity contribution in [2.24, 2.45) is 0 Å². The Bertz CT molecular complexity index is 639. The number of carbonyl (C=O) groups is 1. The van der Waals surface area contributed by atoms with Crippen molar-refractivity contribution in [1.82, 2.24) is 0 Å². The topological polar surface area (TPSA) is 59.4 Å². The third-order valence-electron chi connectivity index (χ3n) is 3.65. The highest BCUT2D eigenvalue weighted by molar-refractivity contribution is 7.11. The third kappa shape index (κ3) is 3.00. The lowest BCUT2D eigenvalue weighted by atomic mass is 10.2. The van der Waals surface area contributed by atoms with Crippen molar-refractivity contribution < 1.29 is 14.1 Å². The minimum Gasteiger partial charge on any atom is -0.399 e. The molecular weight excluding hydrogens is 286 g/mol. The Hall–Kier alpha value is -2.08. The van der Waals surface area contributed by atoms with Crippen molar-refractivity contribution in [2.75, 3.05) is 23.7 Å². The van der Waals surface area contributed by atoms with Crippen molar-refractivity contribution in [3.63, 3.8) is 0 Å². The zero-order chi connectivity index (χ0) is 14.8. The Labute approximate surface area is 127 Å². The zero-order valence-electron chi connectivity index (χ0n) is 11.9. The number of hydrogen-bond donors (Lipinski definition) is 1. The minimum atomic E-state index is -0.278. The molecule has 0 aliphatic carbocycles. The number of benzene rings is 1. The molecule has 0 bridgehead atoms. The van der Waals surface area contributed by atoms with E-state index < -0.39 is 0 Å². The molecule has 1 fully saturated rings. The van der Waals surface area contributed by atoms with Gasteiger partial charge in [-0.1, -0.05) is 0 Å². The van der Waals surface area contributed by atoms with Gasteiger partial charge in [0, 0.05) is 31.3 Å². The molecule has 1 aromatic carbocycles. The van der Waals surface area contributed by atoms with Crippen LogP contribution < -0.4 is 19.9 Å². The van der Waals surface area contributed by atoms with E-state index in [1.54, 1.807) is 0 Å². The van der Waals surface area contributed by atoms with E-state index in [4.69, 9.17) is 10.5 Å². The monoisotopic (exact) mass is 304 g/mol. The van der Waals surface area contributed by atoms with Gasteiger partial charge in [0.1, 0.15) is 0 Å². The maximum atomic E-state index is 11.1. The van der Waals surface area contributed by atoms with Crippen LogP contribution in [-0.4, -0.2) is 19.1 Å². The molecular formula is C15H18N3O2S+. The number of esters is 1. The Morgan fingerprint density at radius 2 is 2.19 bits per heavy atom. The summed E-state index contributed by atoms with van der Waals surface area (Å²) in [6.07, 6.45) is 3.01. The van der Waals surface area contributed by atoms with E-state index in [9.17, 15) is 4.79 Å². The highest BCUT2D eigenvalue weighted by atomic mass is 32.1. The minimum absolute atomic E-state index is 0.278. The average molecular weight is 304 g/mol. The largest absolute Gasteiger partial charge is 0.438 e. The molecule has 1 atom stereocenters. The van der Waals surface area contributed by atoms with Crippen LogP contribution in [0.4, 0.5) is 11.4 Å². The summed E-state index contributed by atoms with van der Waals surface area (Å²) in [7, 11) is 0. The van der Waals surface area contributed by atoms with E-state index in [0.717, 1.165) is 25.2 Å². The maximum absolute atomic E-state index is 11.1. The molecule has 1 aliphatic heterocycles. The van der Waals surface area contributed by atoms with Gasteiger partial charge in [-0.05, 0) is 35.6 Å². The van der Waals surface area contributed by atoms with Crippen LogP contribution in [0.15, 0.2) is 35.8 Å². The lowest BCUT2D eigenvalue weighted by Crippen LogP contribution is -2.40. The van der Waals surface area contributed by atoms with Crippen LogP contribution in [0.1, 0.15) is 19.4 Å². The molecule has 1 aliphatic rings. The quantitative estimate of drug-likeness (QED) is 0.535. The molecule has 2 heterocycles. The normalized spacial score (nSPS) is 18.0. The summed E-state index contributed by atoms with van der Waals surface area (Å²) in [6.45, 7) is 3.32. The summed E-state index contributed by atoms with van der Waals surface area (Å²) in [5, 5.41) is 2.61. The second-order valence-corrected chi connectivity index (χ2v) is 6.01. The predicted octanol–water partition coefficient (Wildman–Crippen LogP) is 1.99.